The summed E-state index contributed by atoms with van der Waals surface area (Å²) in [7, 11) is 0. The minimum atomic E-state index is -4.45. The summed E-state index contributed by atoms with van der Waals surface area (Å²) >= 11 is 0. The van der Waals surface area contributed by atoms with Crippen LogP contribution >= 0.6 is 0 Å². The fourth-order valence-corrected chi connectivity index (χ4v) is 4.60. The van der Waals surface area contributed by atoms with Gasteiger partial charge in [-0.05, 0) is 48.9 Å². The third kappa shape index (κ3) is 4.94. The number of hydrogen-bond acceptors (Lipinski definition) is 9. The van der Waals surface area contributed by atoms with Crippen molar-refractivity contribution < 1.29 is 43.1 Å². The number of ether oxygens (including phenoxy) is 2. The number of aliphatic imine (C=N–C) groups is 1. The molecule has 1 saturated heterocycles. The molecule has 5 N–H and O–H groups in total. The molecule has 13 heteroatoms. The van der Waals surface area contributed by atoms with Crippen LogP contribution in [-0.2, 0) is 10.9 Å². The predicted molar refractivity (Wildman–Crippen MR) is 132 cm³/mol. The molecule has 5 rings (SSSR count). The average Bonchev–Trinajstić information content (AvgIpc) is 3.26. The highest BCUT2D eigenvalue weighted by molar-refractivity contribution is 6.16. The number of aromatic nitrogens is 2. The predicted octanol–water partition coefficient (Wildman–Crippen LogP) is 2.25. The van der Waals surface area contributed by atoms with E-state index in [-0.39, 0.29) is 11.5 Å². The molecule has 3 heterocycles. The second kappa shape index (κ2) is 10.2. The molecule has 0 aliphatic carbocycles. The van der Waals surface area contributed by atoms with Gasteiger partial charge in [-0.15, -0.1) is 0 Å². The number of rotatable bonds is 5. The second-order valence-corrected chi connectivity index (χ2v) is 9.26. The van der Waals surface area contributed by atoms with E-state index in [0.29, 0.717) is 28.6 Å². The molecule has 1 aromatic heterocycles. The van der Waals surface area contributed by atoms with Gasteiger partial charge in [0.25, 0.3) is 0 Å². The number of aryl methyl sites for hydroxylation is 1. The van der Waals surface area contributed by atoms with Crippen molar-refractivity contribution in [1.82, 2.24) is 9.55 Å². The third-order valence-corrected chi connectivity index (χ3v) is 6.73. The molecule has 3 aromatic rings. The van der Waals surface area contributed by atoms with E-state index in [4.69, 9.17) is 14.9 Å². The van der Waals surface area contributed by atoms with Crippen LogP contribution in [0.3, 0.4) is 0 Å². The molecule has 39 heavy (non-hydrogen) atoms. The van der Waals surface area contributed by atoms with E-state index in [9.17, 15) is 33.6 Å². The Labute approximate surface area is 220 Å². The number of fused-ring (bicyclic) bond motifs is 1. The van der Waals surface area contributed by atoms with Crippen LogP contribution in [0, 0.1) is 12.3 Å². The van der Waals surface area contributed by atoms with E-state index in [1.54, 1.807) is 42.0 Å². The Bertz CT molecular complexity index is 1390. The number of imidazole rings is 1. The van der Waals surface area contributed by atoms with Crippen LogP contribution in [0.1, 0.15) is 28.6 Å². The molecule has 2 aliphatic rings. The summed E-state index contributed by atoms with van der Waals surface area (Å²) in [6, 6.07) is 11.1. The van der Waals surface area contributed by atoms with Crippen molar-refractivity contribution in [2.75, 3.05) is 6.61 Å². The highest BCUT2D eigenvalue weighted by atomic mass is 19.4. The van der Waals surface area contributed by atoms with Gasteiger partial charge in [-0.3, -0.25) is 4.57 Å². The molecule has 6 atom stereocenters. The largest absolute Gasteiger partial charge is 0.462 e. The first-order valence-electron chi connectivity index (χ1n) is 12.0. The van der Waals surface area contributed by atoms with Gasteiger partial charge in [-0.25, -0.2) is 9.98 Å². The Morgan fingerprint density at radius 1 is 1.00 bits per heavy atom. The van der Waals surface area contributed by atoms with Crippen molar-refractivity contribution in [2.45, 2.75) is 49.7 Å². The summed E-state index contributed by atoms with van der Waals surface area (Å²) in [5.74, 6) is 0.515. The zero-order valence-corrected chi connectivity index (χ0v) is 20.4. The Morgan fingerprint density at radius 3 is 2.28 bits per heavy atom. The van der Waals surface area contributed by atoms with Crippen LogP contribution in [0.5, 0.6) is 5.75 Å². The Kier molecular flexibility index (Phi) is 7.03. The van der Waals surface area contributed by atoms with Gasteiger partial charge in [0, 0.05) is 11.9 Å². The molecule has 10 nitrogen and oxygen atoms in total. The summed E-state index contributed by atoms with van der Waals surface area (Å²) in [5, 5.41) is 48.1. The van der Waals surface area contributed by atoms with E-state index in [1.165, 1.54) is 12.1 Å². The standard InChI is InChI=1S/C26H25F3N4O6/c1-12-32-20-19(30)17(10-31-24(20)33(12)15-6-4-14(5-7-15)26(27,28)29)13-2-8-16(9-3-13)38-25-23(37)22(36)21(35)18(11-34)39-25/h2-10,17-18,21-23,25,30,34-37H,11H2,1H3. The van der Waals surface area contributed by atoms with Crippen molar-refractivity contribution in [3.8, 4) is 11.4 Å². The number of benzene rings is 2. The minimum Gasteiger partial charge on any atom is -0.462 e. The summed E-state index contributed by atoms with van der Waals surface area (Å²) in [4.78, 5) is 8.94. The van der Waals surface area contributed by atoms with Crippen LogP contribution in [0.25, 0.3) is 5.69 Å². The SMILES string of the molecule is Cc1nc2c(n1-c1ccc(C(F)(F)F)cc1)N=CC(c1ccc(OC3OC(CO)C(O)C(O)C3O)cc1)C2=N. The van der Waals surface area contributed by atoms with Gasteiger partial charge in [0.2, 0.25) is 6.29 Å². The van der Waals surface area contributed by atoms with Crippen molar-refractivity contribution in [2.24, 2.45) is 4.99 Å². The van der Waals surface area contributed by atoms with Crippen molar-refractivity contribution in [3.63, 3.8) is 0 Å². The molecule has 206 valence electrons. The Morgan fingerprint density at radius 2 is 1.67 bits per heavy atom. The lowest BCUT2D eigenvalue weighted by molar-refractivity contribution is -0.277. The summed E-state index contributed by atoms with van der Waals surface area (Å²) in [5.41, 5.74) is 0.802. The molecule has 0 saturated carbocycles. The molecular formula is C26H25F3N4O6. The van der Waals surface area contributed by atoms with Crippen molar-refractivity contribution >= 4 is 17.7 Å². The van der Waals surface area contributed by atoms with E-state index in [2.05, 4.69) is 9.98 Å². The number of alkyl halides is 3. The molecule has 1 fully saturated rings. The quantitative estimate of drug-likeness (QED) is 0.329. The highest BCUT2D eigenvalue weighted by Crippen LogP contribution is 2.36. The average molecular weight is 547 g/mol. The van der Waals surface area contributed by atoms with Crippen LogP contribution in [0.15, 0.2) is 53.5 Å². The number of aliphatic hydroxyl groups is 4. The van der Waals surface area contributed by atoms with Gasteiger partial charge in [-0.1, -0.05) is 12.1 Å². The molecular weight excluding hydrogens is 521 g/mol. The maximum Gasteiger partial charge on any atom is 0.416 e. The smallest absolute Gasteiger partial charge is 0.416 e. The maximum absolute atomic E-state index is 13.0. The first-order chi connectivity index (χ1) is 18.5. The molecule has 6 unspecified atom stereocenters. The number of halogens is 3. The first-order valence-corrected chi connectivity index (χ1v) is 12.0. The molecule has 2 aromatic carbocycles. The normalized spacial score (nSPS) is 26.9. The Balaban J connectivity index is 1.34. The van der Waals surface area contributed by atoms with E-state index < -0.39 is 55.0 Å². The third-order valence-electron chi connectivity index (χ3n) is 6.73. The van der Waals surface area contributed by atoms with E-state index in [1.807, 2.05) is 0 Å². The van der Waals surface area contributed by atoms with Crippen LogP contribution in [-0.4, -0.2) is 79.2 Å². The van der Waals surface area contributed by atoms with Crippen LogP contribution in [0.4, 0.5) is 19.0 Å². The second-order valence-electron chi connectivity index (χ2n) is 9.26. The zero-order chi connectivity index (χ0) is 28.1. The van der Waals surface area contributed by atoms with Gasteiger partial charge < -0.3 is 35.3 Å². The fourth-order valence-electron chi connectivity index (χ4n) is 4.60. The lowest BCUT2D eigenvalue weighted by atomic mass is 9.91. The molecule has 2 aliphatic heterocycles. The number of hydrogen-bond donors (Lipinski definition) is 5. The molecule has 0 spiro atoms. The monoisotopic (exact) mass is 546 g/mol. The number of nitrogens with one attached hydrogen (secondary N) is 1. The summed E-state index contributed by atoms with van der Waals surface area (Å²) in [6.45, 7) is 1.10. The fraction of sp³-hybridized carbons (Fsp3) is 0.346. The first kappa shape index (κ1) is 27.0. The lowest BCUT2D eigenvalue weighted by Crippen LogP contribution is -2.60. The molecule has 0 amide bonds. The topological polar surface area (TPSA) is 153 Å². The highest BCUT2D eigenvalue weighted by Gasteiger charge is 2.44. The molecule has 0 bridgehead atoms. The van der Waals surface area contributed by atoms with Gasteiger partial charge in [-0.2, -0.15) is 13.2 Å². The minimum absolute atomic E-state index is 0.149. The summed E-state index contributed by atoms with van der Waals surface area (Å²) in [6.07, 6.45) is -9.96. The van der Waals surface area contributed by atoms with Gasteiger partial charge in [0.15, 0.2) is 5.82 Å². The van der Waals surface area contributed by atoms with Crippen LogP contribution < -0.4 is 4.74 Å². The van der Waals surface area contributed by atoms with Crippen molar-refractivity contribution in [3.05, 3.63) is 71.2 Å². The zero-order valence-electron chi connectivity index (χ0n) is 20.4. The van der Waals surface area contributed by atoms with Crippen LogP contribution in [0.2, 0.25) is 0 Å². The summed E-state index contributed by atoms with van der Waals surface area (Å²) < 4.78 is 51.5. The Hall–Kier alpha value is -3.62. The maximum atomic E-state index is 13.0. The van der Waals surface area contributed by atoms with Gasteiger partial charge >= 0.3 is 6.18 Å². The molecule has 0 radical (unpaired) electrons. The van der Waals surface area contributed by atoms with Gasteiger partial charge in [0.05, 0.1) is 23.8 Å². The van der Waals surface area contributed by atoms with E-state index in [0.717, 1.165) is 12.1 Å². The van der Waals surface area contributed by atoms with E-state index >= 15 is 0 Å². The number of nitrogens with zero attached hydrogens (tertiary/aromatic N) is 3. The van der Waals surface area contributed by atoms with Gasteiger partial charge in [0.1, 0.15) is 41.7 Å². The number of aliphatic hydroxyl groups excluding tert-OH is 4. The lowest BCUT2D eigenvalue weighted by Gasteiger charge is -2.39. The van der Waals surface area contributed by atoms with Crippen molar-refractivity contribution in [1.29, 1.82) is 5.41 Å².